The number of aryl methyl sites for hydroxylation is 1. The predicted octanol–water partition coefficient (Wildman–Crippen LogP) is 4.63. The van der Waals surface area contributed by atoms with Crippen LogP contribution in [0, 0.1) is 0 Å². The quantitative estimate of drug-likeness (QED) is 0.517. The van der Waals surface area contributed by atoms with E-state index in [1.54, 1.807) is 0 Å². The molecule has 0 bridgehead atoms. The lowest BCUT2D eigenvalue weighted by Crippen LogP contribution is -1.94. The van der Waals surface area contributed by atoms with Gasteiger partial charge in [-0.2, -0.15) is 0 Å². The van der Waals surface area contributed by atoms with Gasteiger partial charge in [-0.3, -0.25) is 0 Å². The maximum atomic E-state index is 3.66. The molecule has 0 aliphatic heterocycles. The molecule has 1 atom stereocenters. The van der Waals surface area contributed by atoms with Crippen LogP contribution in [-0.2, 0) is 6.42 Å². The third kappa shape index (κ3) is 4.82. The second-order valence-corrected chi connectivity index (χ2v) is 5.66. The van der Waals surface area contributed by atoms with E-state index in [0.717, 1.165) is 4.83 Å². The Morgan fingerprint density at radius 3 is 2.92 bits per heavy atom. The van der Waals surface area contributed by atoms with Crippen LogP contribution in [0.15, 0.2) is 17.5 Å². The number of hydrogen-bond acceptors (Lipinski definition) is 1. The molecule has 1 heterocycles. The molecule has 0 N–H and O–H groups in total. The Bertz CT molecular complexity index is 206. The number of thiophene rings is 1. The van der Waals surface area contributed by atoms with Crippen molar-refractivity contribution in [2.24, 2.45) is 0 Å². The van der Waals surface area contributed by atoms with E-state index >= 15 is 0 Å². The van der Waals surface area contributed by atoms with E-state index in [2.05, 4.69) is 40.4 Å². The Balaban J connectivity index is 2.02. The molecule has 0 saturated carbocycles. The van der Waals surface area contributed by atoms with Crippen molar-refractivity contribution in [3.05, 3.63) is 22.4 Å². The van der Waals surface area contributed by atoms with Crippen molar-refractivity contribution in [2.45, 2.75) is 43.9 Å². The van der Waals surface area contributed by atoms with Gasteiger partial charge in [0.25, 0.3) is 0 Å². The van der Waals surface area contributed by atoms with Crippen LogP contribution in [0.2, 0.25) is 0 Å². The minimum atomic E-state index is 0.732. The van der Waals surface area contributed by atoms with Crippen LogP contribution in [0.25, 0.3) is 0 Å². The molecular weight excluding hydrogens is 244 g/mol. The van der Waals surface area contributed by atoms with Gasteiger partial charge in [0.15, 0.2) is 0 Å². The summed E-state index contributed by atoms with van der Waals surface area (Å²) < 4.78 is 0. The topological polar surface area (TPSA) is 0 Å². The Hall–Kier alpha value is 0.180. The molecule has 0 spiro atoms. The third-order valence-electron chi connectivity index (χ3n) is 2.21. The highest BCUT2D eigenvalue weighted by molar-refractivity contribution is 9.09. The molecule has 0 aliphatic rings. The normalized spacial score (nSPS) is 13.1. The Kier molecular flexibility index (Phi) is 5.72. The monoisotopic (exact) mass is 260 g/mol. The van der Waals surface area contributed by atoms with E-state index < -0.39 is 0 Å². The SMILES string of the molecule is CCC(Br)CCCCc1cccs1. The molecule has 0 amide bonds. The van der Waals surface area contributed by atoms with E-state index in [1.807, 2.05) is 11.3 Å². The molecule has 1 aromatic rings. The van der Waals surface area contributed by atoms with Crippen LogP contribution in [0.5, 0.6) is 0 Å². The summed E-state index contributed by atoms with van der Waals surface area (Å²) in [5.74, 6) is 0. The van der Waals surface area contributed by atoms with Gasteiger partial charge in [-0.1, -0.05) is 35.3 Å². The first-order valence-corrected chi connectivity index (χ1v) is 6.79. The first kappa shape index (κ1) is 11.3. The van der Waals surface area contributed by atoms with E-state index in [4.69, 9.17) is 0 Å². The fourth-order valence-electron chi connectivity index (χ4n) is 1.32. The lowest BCUT2D eigenvalue weighted by atomic mass is 10.1. The Morgan fingerprint density at radius 1 is 1.46 bits per heavy atom. The molecule has 0 nitrogen and oxygen atoms in total. The number of halogens is 1. The Labute approximate surface area is 93.5 Å². The number of rotatable bonds is 6. The van der Waals surface area contributed by atoms with E-state index in [0.29, 0.717) is 0 Å². The van der Waals surface area contributed by atoms with Gasteiger partial charge >= 0.3 is 0 Å². The third-order valence-corrected chi connectivity index (χ3v) is 4.26. The molecule has 0 aromatic carbocycles. The van der Waals surface area contributed by atoms with Crippen molar-refractivity contribution in [1.29, 1.82) is 0 Å². The van der Waals surface area contributed by atoms with Gasteiger partial charge in [-0.15, -0.1) is 11.3 Å². The highest BCUT2D eigenvalue weighted by Gasteiger charge is 2.00. The van der Waals surface area contributed by atoms with E-state index in [-0.39, 0.29) is 0 Å². The highest BCUT2D eigenvalue weighted by Crippen LogP contribution is 2.16. The number of hydrogen-bond donors (Lipinski definition) is 0. The van der Waals surface area contributed by atoms with Gasteiger partial charge in [0.1, 0.15) is 0 Å². The summed E-state index contributed by atoms with van der Waals surface area (Å²) in [4.78, 5) is 2.26. The maximum Gasteiger partial charge on any atom is 0.0143 e. The highest BCUT2D eigenvalue weighted by atomic mass is 79.9. The lowest BCUT2D eigenvalue weighted by Gasteiger charge is -2.04. The van der Waals surface area contributed by atoms with Crippen molar-refractivity contribution < 1.29 is 0 Å². The van der Waals surface area contributed by atoms with Gasteiger partial charge in [-0.25, -0.2) is 0 Å². The molecular formula is C11H17BrS. The molecule has 2 heteroatoms. The zero-order valence-electron chi connectivity index (χ0n) is 8.13. The predicted molar refractivity (Wildman–Crippen MR) is 64.9 cm³/mol. The lowest BCUT2D eigenvalue weighted by molar-refractivity contribution is 0.652. The summed E-state index contributed by atoms with van der Waals surface area (Å²) in [5.41, 5.74) is 0. The standard InChI is InChI=1S/C11H17BrS/c1-2-10(12)6-3-4-7-11-8-5-9-13-11/h5,8-10H,2-4,6-7H2,1H3. The summed E-state index contributed by atoms with van der Waals surface area (Å²) in [6.45, 7) is 2.23. The van der Waals surface area contributed by atoms with Crippen LogP contribution in [0.4, 0.5) is 0 Å². The second kappa shape index (κ2) is 6.61. The number of unbranched alkanes of at least 4 members (excludes halogenated alkanes) is 1. The minimum Gasteiger partial charge on any atom is -0.149 e. The van der Waals surface area contributed by atoms with Gasteiger partial charge < -0.3 is 0 Å². The smallest absolute Gasteiger partial charge is 0.0143 e. The Morgan fingerprint density at radius 2 is 2.31 bits per heavy atom. The van der Waals surface area contributed by atoms with Crippen LogP contribution in [-0.4, -0.2) is 4.83 Å². The molecule has 0 aliphatic carbocycles. The van der Waals surface area contributed by atoms with Crippen molar-refractivity contribution >= 4 is 27.3 Å². The zero-order valence-corrected chi connectivity index (χ0v) is 10.5. The van der Waals surface area contributed by atoms with E-state index in [1.165, 1.54) is 37.0 Å². The van der Waals surface area contributed by atoms with Crippen molar-refractivity contribution in [3.63, 3.8) is 0 Å². The molecule has 1 unspecified atom stereocenters. The summed E-state index contributed by atoms with van der Waals surface area (Å²) in [5, 5.41) is 2.16. The molecule has 1 rings (SSSR count). The zero-order chi connectivity index (χ0) is 9.52. The minimum absolute atomic E-state index is 0.732. The van der Waals surface area contributed by atoms with Crippen LogP contribution < -0.4 is 0 Å². The second-order valence-electron chi connectivity index (χ2n) is 3.33. The fraction of sp³-hybridized carbons (Fsp3) is 0.636. The average molecular weight is 261 g/mol. The van der Waals surface area contributed by atoms with Gasteiger partial charge in [0.2, 0.25) is 0 Å². The molecule has 0 radical (unpaired) electrons. The van der Waals surface area contributed by atoms with E-state index in [9.17, 15) is 0 Å². The fourth-order valence-corrected chi connectivity index (χ4v) is 2.40. The van der Waals surface area contributed by atoms with Crippen LogP contribution in [0.3, 0.4) is 0 Å². The molecule has 0 fully saturated rings. The van der Waals surface area contributed by atoms with Gasteiger partial charge in [-0.05, 0) is 37.1 Å². The molecule has 0 saturated heterocycles. The summed E-state index contributed by atoms with van der Waals surface area (Å²) >= 11 is 5.53. The maximum absolute atomic E-state index is 3.66. The van der Waals surface area contributed by atoms with Crippen LogP contribution >= 0.6 is 27.3 Å². The molecule has 74 valence electrons. The first-order chi connectivity index (χ1) is 6.33. The largest absolute Gasteiger partial charge is 0.149 e. The molecule has 13 heavy (non-hydrogen) atoms. The average Bonchev–Trinajstić information content (AvgIpc) is 2.64. The van der Waals surface area contributed by atoms with Gasteiger partial charge in [0, 0.05) is 9.70 Å². The first-order valence-electron chi connectivity index (χ1n) is 4.99. The van der Waals surface area contributed by atoms with Crippen molar-refractivity contribution in [2.75, 3.05) is 0 Å². The molecule has 1 aromatic heterocycles. The summed E-state index contributed by atoms with van der Waals surface area (Å²) in [6, 6.07) is 4.37. The summed E-state index contributed by atoms with van der Waals surface area (Å²) in [6.07, 6.45) is 6.52. The number of alkyl halides is 1. The van der Waals surface area contributed by atoms with Crippen molar-refractivity contribution in [3.8, 4) is 0 Å². The van der Waals surface area contributed by atoms with Crippen LogP contribution in [0.1, 0.15) is 37.5 Å². The summed E-state index contributed by atoms with van der Waals surface area (Å²) in [7, 11) is 0. The van der Waals surface area contributed by atoms with Crippen molar-refractivity contribution in [1.82, 2.24) is 0 Å². The van der Waals surface area contributed by atoms with Gasteiger partial charge in [0.05, 0.1) is 0 Å².